The molecular formula is C11H15F3N2O2S. The number of nitrogens with two attached hydrogens (primary N) is 1. The predicted molar refractivity (Wildman–Crippen MR) is 66.0 cm³/mol. The van der Waals surface area contributed by atoms with Crippen LogP contribution < -0.4 is 10.5 Å². The van der Waals surface area contributed by atoms with E-state index in [0.29, 0.717) is 5.56 Å². The summed E-state index contributed by atoms with van der Waals surface area (Å²) in [6, 6.07) is 3.00. The SMILES string of the molecule is Cc1ccc(N)cc1S(=O)(=O)NC(C)CC(F)(F)F. The molecule has 8 heteroatoms. The lowest BCUT2D eigenvalue weighted by Crippen LogP contribution is -2.36. The molecule has 1 aromatic carbocycles. The van der Waals surface area contributed by atoms with Gasteiger partial charge in [0.2, 0.25) is 10.0 Å². The van der Waals surface area contributed by atoms with Crippen LogP contribution in [0, 0.1) is 6.92 Å². The van der Waals surface area contributed by atoms with E-state index >= 15 is 0 Å². The van der Waals surface area contributed by atoms with Gasteiger partial charge in [-0.3, -0.25) is 0 Å². The zero-order valence-electron chi connectivity index (χ0n) is 10.5. The van der Waals surface area contributed by atoms with Crippen LogP contribution in [0.25, 0.3) is 0 Å². The van der Waals surface area contributed by atoms with Crippen molar-refractivity contribution in [3.05, 3.63) is 23.8 Å². The van der Waals surface area contributed by atoms with Crippen molar-refractivity contribution in [2.45, 2.75) is 37.4 Å². The van der Waals surface area contributed by atoms with Crippen molar-refractivity contribution >= 4 is 15.7 Å². The minimum Gasteiger partial charge on any atom is -0.399 e. The number of alkyl halides is 3. The van der Waals surface area contributed by atoms with E-state index in [4.69, 9.17) is 5.73 Å². The first kappa shape index (κ1) is 15.8. The average molecular weight is 296 g/mol. The van der Waals surface area contributed by atoms with Crippen LogP contribution in [0.5, 0.6) is 0 Å². The molecule has 0 heterocycles. The van der Waals surface area contributed by atoms with E-state index in [2.05, 4.69) is 0 Å². The number of nitrogens with one attached hydrogen (secondary N) is 1. The Labute approximate surface area is 109 Å². The third-order valence-electron chi connectivity index (χ3n) is 2.40. The van der Waals surface area contributed by atoms with E-state index in [0.717, 1.165) is 6.92 Å². The maximum Gasteiger partial charge on any atom is 0.390 e. The second-order valence-corrected chi connectivity index (χ2v) is 6.05. The fraction of sp³-hybridized carbons (Fsp3) is 0.455. The van der Waals surface area contributed by atoms with E-state index < -0.39 is 28.7 Å². The molecule has 0 bridgehead atoms. The first-order chi connectivity index (χ1) is 8.51. The van der Waals surface area contributed by atoms with Gasteiger partial charge in [0.15, 0.2) is 0 Å². The van der Waals surface area contributed by atoms with Gasteiger partial charge in [-0.15, -0.1) is 0 Å². The molecule has 0 aliphatic carbocycles. The molecule has 0 radical (unpaired) electrons. The summed E-state index contributed by atoms with van der Waals surface area (Å²) in [5, 5.41) is 0. The highest BCUT2D eigenvalue weighted by Crippen LogP contribution is 2.23. The molecule has 0 aliphatic heterocycles. The largest absolute Gasteiger partial charge is 0.399 e. The van der Waals surface area contributed by atoms with Gasteiger partial charge in [0.25, 0.3) is 0 Å². The molecule has 4 nitrogen and oxygen atoms in total. The van der Waals surface area contributed by atoms with Crippen LogP contribution in [0.1, 0.15) is 18.9 Å². The first-order valence-corrected chi connectivity index (χ1v) is 6.95. The Bertz CT molecular complexity index is 556. The molecule has 1 aromatic rings. The first-order valence-electron chi connectivity index (χ1n) is 5.46. The van der Waals surface area contributed by atoms with Crippen molar-refractivity contribution in [3.63, 3.8) is 0 Å². The van der Waals surface area contributed by atoms with Gasteiger partial charge >= 0.3 is 6.18 Å². The zero-order chi connectivity index (χ0) is 14.8. The van der Waals surface area contributed by atoms with E-state index in [9.17, 15) is 21.6 Å². The summed E-state index contributed by atoms with van der Waals surface area (Å²) in [7, 11) is -4.02. The fourth-order valence-corrected chi connectivity index (χ4v) is 3.15. The third-order valence-corrected chi connectivity index (χ3v) is 4.13. The summed E-state index contributed by atoms with van der Waals surface area (Å²) in [5.74, 6) is 0. The second-order valence-electron chi connectivity index (χ2n) is 4.37. The summed E-state index contributed by atoms with van der Waals surface area (Å²) in [4.78, 5) is -0.110. The molecular weight excluding hydrogens is 281 g/mol. The lowest BCUT2D eigenvalue weighted by atomic mass is 10.2. The van der Waals surface area contributed by atoms with Gasteiger partial charge < -0.3 is 5.73 Å². The Hall–Kier alpha value is -1.28. The number of sulfonamides is 1. The normalized spacial score (nSPS) is 14.4. The molecule has 19 heavy (non-hydrogen) atoms. The van der Waals surface area contributed by atoms with Crippen molar-refractivity contribution in [1.82, 2.24) is 4.72 Å². The van der Waals surface area contributed by atoms with Crippen molar-refractivity contribution in [1.29, 1.82) is 0 Å². The van der Waals surface area contributed by atoms with Crippen LogP contribution in [0.2, 0.25) is 0 Å². The molecule has 0 aliphatic rings. The second kappa shape index (κ2) is 5.38. The van der Waals surface area contributed by atoms with Crippen LogP contribution in [0.4, 0.5) is 18.9 Å². The molecule has 0 saturated heterocycles. The van der Waals surface area contributed by atoms with Crippen molar-refractivity contribution in [3.8, 4) is 0 Å². The fourth-order valence-electron chi connectivity index (χ4n) is 1.62. The predicted octanol–water partition coefficient (Wildman–Crippen LogP) is 2.20. The molecule has 0 amide bonds. The Morgan fingerprint density at radius 2 is 1.95 bits per heavy atom. The number of benzene rings is 1. The van der Waals surface area contributed by atoms with Gasteiger partial charge in [0.05, 0.1) is 11.3 Å². The lowest BCUT2D eigenvalue weighted by Gasteiger charge is -2.17. The molecule has 1 rings (SSSR count). The van der Waals surface area contributed by atoms with Crippen molar-refractivity contribution in [2.24, 2.45) is 0 Å². The molecule has 3 N–H and O–H groups in total. The Morgan fingerprint density at radius 3 is 2.47 bits per heavy atom. The summed E-state index contributed by atoms with van der Waals surface area (Å²) in [5.41, 5.74) is 6.13. The number of hydrogen-bond donors (Lipinski definition) is 2. The van der Waals surface area contributed by atoms with E-state index in [1.54, 1.807) is 6.92 Å². The monoisotopic (exact) mass is 296 g/mol. The van der Waals surface area contributed by atoms with Crippen molar-refractivity contribution < 1.29 is 21.6 Å². The van der Waals surface area contributed by atoms with Gasteiger partial charge in [-0.1, -0.05) is 6.07 Å². The highest BCUT2D eigenvalue weighted by Gasteiger charge is 2.32. The van der Waals surface area contributed by atoms with E-state index in [1.807, 2.05) is 4.72 Å². The number of anilines is 1. The van der Waals surface area contributed by atoms with Gasteiger partial charge in [0, 0.05) is 11.7 Å². The summed E-state index contributed by atoms with van der Waals surface area (Å²) < 4.78 is 62.4. The Kier molecular flexibility index (Phi) is 4.46. The smallest absolute Gasteiger partial charge is 0.390 e. The van der Waals surface area contributed by atoms with Crippen LogP contribution >= 0.6 is 0 Å². The molecule has 1 atom stereocenters. The Morgan fingerprint density at radius 1 is 1.37 bits per heavy atom. The average Bonchev–Trinajstić information content (AvgIpc) is 2.17. The van der Waals surface area contributed by atoms with Gasteiger partial charge in [-0.25, -0.2) is 13.1 Å². The summed E-state index contributed by atoms with van der Waals surface area (Å²) >= 11 is 0. The van der Waals surface area contributed by atoms with Crippen LogP contribution in [-0.2, 0) is 10.0 Å². The molecule has 0 saturated carbocycles. The topological polar surface area (TPSA) is 72.2 Å². The molecule has 0 spiro atoms. The van der Waals surface area contributed by atoms with Crippen LogP contribution in [0.3, 0.4) is 0 Å². The number of hydrogen-bond acceptors (Lipinski definition) is 3. The number of aryl methyl sites for hydroxylation is 1. The summed E-state index contributed by atoms with van der Waals surface area (Å²) in [6.07, 6.45) is -5.65. The van der Waals surface area contributed by atoms with Crippen molar-refractivity contribution in [2.75, 3.05) is 5.73 Å². The number of nitrogen functional groups attached to an aromatic ring is 1. The molecule has 1 unspecified atom stereocenters. The molecule has 108 valence electrons. The highest BCUT2D eigenvalue weighted by molar-refractivity contribution is 7.89. The minimum absolute atomic E-state index is 0.110. The lowest BCUT2D eigenvalue weighted by molar-refractivity contribution is -0.137. The Balaban J connectivity index is 2.96. The van der Waals surface area contributed by atoms with Gasteiger partial charge in [-0.05, 0) is 31.5 Å². The molecule has 0 fully saturated rings. The van der Waals surface area contributed by atoms with E-state index in [1.165, 1.54) is 18.2 Å². The third kappa shape index (κ3) is 4.71. The maximum absolute atomic E-state index is 12.2. The summed E-state index contributed by atoms with van der Waals surface area (Å²) in [6.45, 7) is 2.70. The quantitative estimate of drug-likeness (QED) is 0.837. The standard InChI is InChI=1S/C11H15F3N2O2S/c1-7-3-4-9(15)5-10(7)19(17,18)16-8(2)6-11(12,13)14/h3-5,8,16H,6,15H2,1-2H3. The maximum atomic E-state index is 12.2. The van der Waals surface area contributed by atoms with Gasteiger partial charge in [-0.2, -0.15) is 13.2 Å². The van der Waals surface area contributed by atoms with E-state index in [-0.39, 0.29) is 10.6 Å². The number of rotatable bonds is 4. The van der Waals surface area contributed by atoms with Crippen LogP contribution in [-0.4, -0.2) is 20.6 Å². The minimum atomic E-state index is -4.42. The highest BCUT2D eigenvalue weighted by atomic mass is 32.2. The molecule has 0 aromatic heterocycles. The number of halogens is 3. The van der Waals surface area contributed by atoms with Gasteiger partial charge in [0.1, 0.15) is 0 Å². The zero-order valence-corrected chi connectivity index (χ0v) is 11.3. The van der Waals surface area contributed by atoms with Crippen LogP contribution in [0.15, 0.2) is 23.1 Å².